The highest BCUT2D eigenvalue weighted by atomic mass is 16.3. The molecule has 0 fully saturated rings. The predicted octanol–water partition coefficient (Wildman–Crippen LogP) is 1.95. The second-order valence-corrected chi connectivity index (χ2v) is 6.10. The van der Waals surface area contributed by atoms with Gasteiger partial charge in [-0.15, -0.1) is 0 Å². The lowest BCUT2D eigenvalue weighted by Crippen LogP contribution is -2.44. The third kappa shape index (κ3) is 4.43. The van der Waals surface area contributed by atoms with Crippen molar-refractivity contribution >= 4 is 24.2 Å². The summed E-state index contributed by atoms with van der Waals surface area (Å²) in [5.74, 6) is -0.465. The van der Waals surface area contributed by atoms with Gasteiger partial charge >= 0.3 is 0 Å². The average molecular weight is 408 g/mol. The van der Waals surface area contributed by atoms with Gasteiger partial charge in [0.05, 0.1) is 13.2 Å². The molecule has 1 aromatic heterocycles. The van der Waals surface area contributed by atoms with Gasteiger partial charge in [-0.3, -0.25) is 19.3 Å². The van der Waals surface area contributed by atoms with Gasteiger partial charge in [-0.1, -0.05) is 18.2 Å². The van der Waals surface area contributed by atoms with E-state index >= 15 is 0 Å². The molecular weight excluding hydrogens is 388 g/mol. The number of carbonyl (C=O) groups excluding carboxylic acids is 3. The highest BCUT2D eigenvalue weighted by Crippen LogP contribution is 2.29. The molecule has 1 aliphatic rings. The number of aliphatic hydroxyl groups excluding tert-OH is 2. The summed E-state index contributed by atoms with van der Waals surface area (Å²) in [4.78, 5) is 36.7. The quantitative estimate of drug-likeness (QED) is 0.439. The normalized spacial score (nSPS) is 15.0. The number of furan rings is 1. The number of hydrogen-bond acceptors (Lipinski definition) is 7. The second-order valence-electron chi connectivity index (χ2n) is 6.10. The molecule has 8 heteroatoms. The van der Waals surface area contributed by atoms with E-state index in [2.05, 4.69) is 0 Å². The number of aliphatic hydroxyl groups is 2. The third-order valence-electron chi connectivity index (χ3n) is 4.37. The van der Waals surface area contributed by atoms with E-state index in [1.807, 2.05) is 6.07 Å². The van der Waals surface area contributed by atoms with Gasteiger partial charge in [-0.25, -0.2) is 0 Å². The Morgan fingerprint density at radius 2 is 1.90 bits per heavy atom. The highest BCUT2D eigenvalue weighted by Gasteiger charge is 2.35. The first-order valence-corrected chi connectivity index (χ1v) is 8.90. The molecule has 2 amide bonds. The standard InChI is InChI=1S/C21H16N2O5.CH4O/c1-13-17(20(26)23(7-8-24)21(27)18(13)11-22)10-16-5-6-19(28-16)15-4-2-3-14(9-15)12-25;1-2/h2-6,9-10,12,24H,7-8H2,1H3;2H,1H3/b17-10-;. The fraction of sp³-hybridized carbons (Fsp3) is 0.182. The predicted molar refractivity (Wildman–Crippen MR) is 108 cm³/mol. The topological polar surface area (TPSA) is 132 Å². The van der Waals surface area contributed by atoms with Crippen molar-refractivity contribution in [2.45, 2.75) is 6.92 Å². The number of rotatable bonds is 5. The Hall–Kier alpha value is -3.80. The summed E-state index contributed by atoms with van der Waals surface area (Å²) >= 11 is 0. The number of amides is 2. The lowest BCUT2D eigenvalue weighted by molar-refractivity contribution is -0.140. The Balaban J connectivity index is 0.00000155. The van der Waals surface area contributed by atoms with E-state index in [-0.39, 0.29) is 23.3 Å². The Morgan fingerprint density at radius 1 is 1.17 bits per heavy atom. The van der Waals surface area contributed by atoms with Gasteiger partial charge in [0.2, 0.25) is 0 Å². The molecule has 0 atom stereocenters. The molecule has 1 aliphatic heterocycles. The van der Waals surface area contributed by atoms with Crippen LogP contribution in [0, 0.1) is 11.3 Å². The number of hydrogen-bond donors (Lipinski definition) is 2. The Kier molecular flexibility index (Phi) is 7.58. The number of nitriles is 1. The maximum Gasteiger partial charge on any atom is 0.271 e. The smallest absolute Gasteiger partial charge is 0.271 e. The van der Waals surface area contributed by atoms with Gasteiger partial charge in [0.15, 0.2) is 0 Å². The molecule has 1 aromatic carbocycles. The van der Waals surface area contributed by atoms with Crippen molar-refractivity contribution in [1.82, 2.24) is 4.90 Å². The molecule has 2 heterocycles. The summed E-state index contributed by atoms with van der Waals surface area (Å²) in [6.45, 7) is 0.920. The molecule has 154 valence electrons. The fourth-order valence-electron chi connectivity index (χ4n) is 2.93. The minimum atomic E-state index is -0.720. The van der Waals surface area contributed by atoms with Crippen LogP contribution in [0.15, 0.2) is 57.5 Å². The van der Waals surface area contributed by atoms with Gasteiger partial charge < -0.3 is 14.6 Å². The van der Waals surface area contributed by atoms with Crippen LogP contribution >= 0.6 is 0 Å². The molecule has 0 spiro atoms. The molecule has 0 radical (unpaired) electrons. The summed E-state index contributed by atoms with van der Waals surface area (Å²) in [6.07, 6.45) is 2.19. The van der Waals surface area contributed by atoms with E-state index in [1.165, 1.54) is 13.0 Å². The molecule has 0 saturated heterocycles. The number of nitrogens with zero attached hydrogens (tertiary/aromatic N) is 2. The number of benzene rings is 1. The van der Waals surface area contributed by atoms with E-state index < -0.39 is 18.4 Å². The minimum Gasteiger partial charge on any atom is -0.457 e. The fourth-order valence-corrected chi connectivity index (χ4v) is 2.93. The van der Waals surface area contributed by atoms with Crippen LogP contribution < -0.4 is 0 Å². The van der Waals surface area contributed by atoms with Crippen molar-refractivity contribution in [3.8, 4) is 17.4 Å². The first kappa shape index (κ1) is 22.5. The highest BCUT2D eigenvalue weighted by molar-refractivity contribution is 6.19. The van der Waals surface area contributed by atoms with E-state index in [9.17, 15) is 19.6 Å². The van der Waals surface area contributed by atoms with Gasteiger partial charge in [0, 0.05) is 23.8 Å². The number of aldehydes is 1. The maximum absolute atomic E-state index is 12.7. The summed E-state index contributed by atoms with van der Waals surface area (Å²) in [7, 11) is 1.00. The summed E-state index contributed by atoms with van der Waals surface area (Å²) in [5, 5.41) is 25.4. The van der Waals surface area contributed by atoms with E-state index in [0.717, 1.165) is 18.3 Å². The van der Waals surface area contributed by atoms with Crippen molar-refractivity contribution < 1.29 is 29.0 Å². The van der Waals surface area contributed by atoms with Crippen LogP contribution in [0.4, 0.5) is 0 Å². The van der Waals surface area contributed by atoms with Crippen LogP contribution in [0.1, 0.15) is 23.0 Å². The van der Waals surface area contributed by atoms with E-state index in [1.54, 1.807) is 36.4 Å². The van der Waals surface area contributed by atoms with Crippen molar-refractivity contribution in [3.63, 3.8) is 0 Å². The molecule has 2 N–H and O–H groups in total. The minimum absolute atomic E-state index is 0.146. The number of carbonyl (C=O) groups is 3. The zero-order valence-corrected chi connectivity index (χ0v) is 16.5. The van der Waals surface area contributed by atoms with Crippen molar-refractivity contribution in [3.05, 3.63) is 64.4 Å². The Labute approximate surface area is 173 Å². The number of imide groups is 1. The van der Waals surface area contributed by atoms with E-state index in [0.29, 0.717) is 22.6 Å². The Morgan fingerprint density at radius 3 is 2.53 bits per heavy atom. The average Bonchev–Trinajstić information content (AvgIpc) is 3.25. The molecule has 0 bridgehead atoms. The van der Waals surface area contributed by atoms with Gasteiger partial charge in [-0.05, 0) is 36.8 Å². The lowest BCUT2D eigenvalue weighted by Gasteiger charge is -2.26. The zero-order valence-electron chi connectivity index (χ0n) is 16.5. The van der Waals surface area contributed by atoms with Crippen LogP contribution in [-0.4, -0.2) is 53.5 Å². The SMILES string of the molecule is CC1=C(C#N)C(=O)N(CCO)C(=O)/C1=C\c1ccc(-c2cccc(C=O)c2)o1.CO. The van der Waals surface area contributed by atoms with Gasteiger partial charge in [-0.2, -0.15) is 5.26 Å². The molecular formula is C22H20N2O6. The van der Waals surface area contributed by atoms with Crippen LogP contribution in [0.25, 0.3) is 17.4 Å². The maximum atomic E-state index is 12.7. The number of β-amino-alcohol motifs (C(OH)–C–C–N with tert-alkyl or cyclic N) is 1. The zero-order chi connectivity index (χ0) is 22.3. The summed E-state index contributed by atoms with van der Waals surface area (Å²) in [5.41, 5.74) is 1.46. The molecule has 0 saturated carbocycles. The summed E-state index contributed by atoms with van der Waals surface area (Å²) in [6, 6.07) is 12.0. The molecule has 0 unspecified atom stereocenters. The van der Waals surface area contributed by atoms with E-state index in [4.69, 9.17) is 14.6 Å². The van der Waals surface area contributed by atoms with Gasteiger partial charge in [0.1, 0.15) is 29.4 Å². The molecule has 0 aliphatic carbocycles. The van der Waals surface area contributed by atoms with Crippen LogP contribution in [0.3, 0.4) is 0 Å². The second kappa shape index (κ2) is 10.1. The first-order chi connectivity index (χ1) is 14.5. The van der Waals surface area contributed by atoms with Crippen LogP contribution in [0.2, 0.25) is 0 Å². The van der Waals surface area contributed by atoms with Gasteiger partial charge in [0.25, 0.3) is 11.8 Å². The molecule has 30 heavy (non-hydrogen) atoms. The third-order valence-corrected chi connectivity index (χ3v) is 4.37. The van der Waals surface area contributed by atoms with Crippen molar-refractivity contribution in [2.24, 2.45) is 0 Å². The molecule has 8 nitrogen and oxygen atoms in total. The van der Waals surface area contributed by atoms with Crippen LogP contribution in [0.5, 0.6) is 0 Å². The Bertz CT molecular complexity index is 1070. The van der Waals surface area contributed by atoms with Crippen molar-refractivity contribution in [2.75, 3.05) is 20.3 Å². The monoisotopic (exact) mass is 408 g/mol. The molecule has 3 rings (SSSR count). The lowest BCUT2D eigenvalue weighted by atomic mass is 9.95. The largest absolute Gasteiger partial charge is 0.457 e. The van der Waals surface area contributed by atoms with Crippen molar-refractivity contribution in [1.29, 1.82) is 5.26 Å². The molecule has 2 aromatic rings. The first-order valence-electron chi connectivity index (χ1n) is 8.90. The summed E-state index contributed by atoms with van der Waals surface area (Å²) < 4.78 is 5.76. The van der Waals surface area contributed by atoms with Crippen LogP contribution in [-0.2, 0) is 9.59 Å².